The van der Waals surface area contributed by atoms with Crippen molar-refractivity contribution in [1.29, 1.82) is 0 Å². The maximum absolute atomic E-state index is 11.5. The molecule has 0 spiro atoms. The summed E-state index contributed by atoms with van der Waals surface area (Å²) >= 11 is 0. The van der Waals surface area contributed by atoms with E-state index < -0.39 is 5.97 Å². The second-order valence-electron chi connectivity index (χ2n) is 4.69. The van der Waals surface area contributed by atoms with Gasteiger partial charge in [0.2, 0.25) is 0 Å². The molecule has 0 heterocycles. The number of ketones is 1. The van der Waals surface area contributed by atoms with E-state index in [0.29, 0.717) is 11.7 Å². The van der Waals surface area contributed by atoms with E-state index in [9.17, 15) is 9.59 Å². The van der Waals surface area contributed by atoms with Crippen LogP contribution in [-0.4, -0.2) is 25.0 Å². The van der Waals surface area contributed by atoms with Crippen LogP contribution in [0.5, 0.6) is 5.75 Å². The Bertz CT molecular complexity index is 436. The summed E-state index contributed by atoms with van der Waals surface area (Å²) in [6.07, 6.45) is 0.844. The smallest absolute Gasteiger partial charge is 0.313 e. The molecule has 0 aromatic heterocycles. The first-order valence-electron chi connectivity index (χ1n) is 6.96. The van der Waals surface area contributed by atoms with Crippen molar-refractivity contribution >= 4 is 11.8 Å². The second kappa shape index (κ2) is 8.35. The maximum atomic E-state index is 11.5. The van der Waals surface area contributed by atoms with Gasteiger partial charge in [-0.3, -0.25) is 9.59 Å². The quantitative estimate of drug-likeness (QED) is 0.541. The molecule has 20 heavy (non-hydrogen) atoms. The number of hydrogen-bond acceptors (Lipinski definition) is 4. The third-order valence-corrected chi connectivity index (χ3v) is 3.11. The highest BCUT2D eigenvalue weighted by atomic mass is 16.5. The summed E-state index contributed by atoms with van der Waals surface area (Å²) in [7, 11) is 0. The molecule has 0 aliphatic heterocycles. The Morgan fingerprint density at radius 2 is 1.80 bits per heavy atom. The van der Waals surface area contributed by atoms with E-state index in [2.05, 4.69) is 13.8 Å². The van der Waals surface area contributed by atoms with Gasteiger partial charge in [-0.2, -0.15) is 0 Å². The Balaban J connectivity index is 2.42. The van der Waals surface area contributed by atoms with Crippen LogP contribution in [0, 0.1) is 0 Å². The number of benzene rings is 1. The van der Waals surface area contributed by atoms with Gasteiger partial charge in [-0.05, 0) is 37.0 Å². The molecule has 0 fully saturated rings. The highest BCUT2D eigenvalue weighted by Crippen LogP contribution is 2.21. The lowest BCUT2D eigenvalue weighted by molar-refractivity contribution is -0.145. The van der Waals surface area contributed by atoms with Gasteiger partial charge in [0.15, 0.2) is 5.78 Å². The lowest BCUT2D eigenvalue weighted by Gasteiger charge is -2.10. The van der Waals surface area contributed by atoms with Crippen molar-refractivity contribution in [3.63, 3.8) is 0 Å². The summed E-state index contributed by atoms with van der Waals surface area (Å²) in [5.41, 5.74) is 1.25. The van der Waals surface area contributed by atoms with E-state index in [1.54, 1.807) is 6.92 Å². The van der Waals surface area contributed by atoms with Crippen LogP contribution >= 0.6 is 0 Å². The molecule has 4 nitrogen and oxygen atoms in total. The number of carbonyl (C=O) groups excluding carboxylic acids is 2. The molecule has 1 atom stereocenters. The molecule has 1 aromatic carbocycles. The minimum atomic E-state index is -0.506. The monoisotopic (exact) mass is 278 g/mol. The maximum Gasteiger partial charge on any atom is 0.313 e. The molecule has 0 saturated heterocycles. The molecule has 0 aliphatic carbocycles. The van der Waals surface area contributed by atoms with Crippen molar-refractivity contribution in [2.75, 3.05) is 13.2 Å². The van der Waals surface area contributed by atoms with Crippen molar-refractivity contribution < 1.29 is 19.1 Å². The summed E-state index contributed by atoms with van der Waals surface area (Å²) < 4.78 is 10.1. The van der Waals surface area contributed by atoms with Gasteiger partial charge < -0.3 is 9.47 Å². The van der Waals surface area contributed by atoms with Crippen LogP contribution < -0.4 is 4.74 Å². The van der Waals surface area contributed by atoms with Gasteiger partial charge >= 0.3 is 5.97 Å². The van der Waals surface area contributed by atoms with E-state index in [1.807, 2.05) is 24.3 Å². The Kier molecular flexibility index (Phi) is 6.77. The summed E-state index contributed by atoms with van der Waals surface area (Å²) in [4.78, 5) is 22.6. The Morgan fingerprint density at radius 3 is 2.35 bits per heavy atom. The lowest BCUT2D eigenvalue weighted by atomic mass is 9.99. The van der Waals surface area contributed by atoms with Crippen molar-refractivity contribution in [2.45, 2.75) is 39.5 Å². The van der Waals surface area contributed by atoms with E-state index in [-0.39, 0.29) is 25.4 Å². The van der Waals surface area contributed by atoms with Gasteiger partial charge in [0.1, 0.15) is 18.8 Å². The van der Waals surface area contributed by atoms with Gasteiger partial charge in [-0.25, -0.2) is 0 Å². The van der Waals surface area contributed by atoms with Crippen LogP contribution in [0.15, 0.2) is 24.3 Å². The average Bonchev–Trinajstić information content (AvgIpc) is 2.45. The van der Waals surface area contributed by atoms with Crippen LogP contribution in [0.3, 0.4) is 0 Å². The van der Waals surface area contributed by atoms with Crippen LogP contribution in [-0.2, 0) is 14.3 Å². The zero-order valence-electron chi connectivity index (χ0n) is 12.3. The fourth-order valence-electron chi connectivity index (χ4n) is 1.72. The number of esters is 1. The molecular formula is C16H22O4. The number of Topliss-reactive ketones (excluding diaryl/α,β-unsaturated/α-hetero) is 1. The second-order valence-corrected chi connectivity index (χ2v) is 4.69. The third kappa shape index (κ3) is 5.43. The molecule has 1 aromatic rings. The Labute approximate surface area is 120 Å². The third-order valence-electron chi connectivity index (χ3n) is 3.11. The van der Waals surface area contributed by atoms with E-state index in [1.165, 1.54) is 5.56 Å². The predicted molar refractivity (Wildman–Crippen MR) is 76.9 cm³/mol. The van der Waals surface area contributed by atoms with Crippen molar-refractivity contribution in [3.05, 3.63) is 29.8 Å². The molecule has 0 N–H and O–H groups in total. The number of carbonyl (C=O) groups is 2. The minimum absolute atomic E-state index is 0.110. The SMILES string of the molecule is CCOC(=O)CC(=O)COc1ccc(C(C)CC)cc1. The van der Waals surface area contributed by atoms with E-state index >= 15 is 0 Å². The van der Waals surface area contributed by atoms with Crippen LogP contribution in [0.2, 0.25) is 0 Å². The molecule has 0 saturated carbocycles. The summed E-state index contributed by atoms with van der Waals surface area (Å²) in [6, 6.07) is 7.69. The van der Waals surface area contributed by atoms with Gasteiger partial charge in [-0.15, -0.1) is 0 Å². The minimum Gasteiger partial charge on any atom is -0.486 e. The van der Waals surface area contributed by atoms with Crippen LogP contribution in [0.1, 0.15) is 45.1 Å². The molecular weight excluding hydrogens is 256 g/mol. The standard InChI is InChI=1S/C16H22O4/c1-4-12(3)13-6-8-15(9-7-13)20-11-14(17)10-16(18)19-5-2/h6-9,12H,4-5,10-11H2,1-3H3. The zero-order chi connectivity index (χ0) is 15.0. The molecule has 110 valence electrons. The molecule has 1 unspecified atom stereocenters. The topological polar surface area (TPSA) is 52.6 Å². The normalized spacial score (nSPS) is 11.8. The molecule has 0 aliphatic rings. The van der Waals surface area contributed by atoms with E-state index in [4.69, 9.17) is 9.47 Å². The highest BCUT2D eigenvalue weighted by molar-refractivity contribution is 5.96. The van der Waals surface area contributed by atoms with E-state index in [0.717, 1.165) is 6.42 Å². The summed E-state index contributed by atoms with van der Waals surface area (Å²) in [5.74, 6) is 0.353. The molecule has 0 amide bonds. The lowest BCUT2D eigenvalue weighted by Crippen LogP contribution is -2.17. The Hall–Kier alpha value is -1.84. The van der Waals surface area contributed by atoms with Crippen LogP contribution in [0.25, 0.3) is 0 Å². The first-order chi connectivity index (χ1) is 9.56. The number of rotatable bonds is 8. The van der Waals surface area contributed by atoms with Crippen LogP contribution in [0.4, 0.5) is 0 Å². The van der Waals surface area contributed by atoms with Gasteiger partial charge in [0, 0.05) is 0 Å². The zero-order valence-corrected chi connectivity index (χ0v) is 12.3. The fourth-order valence-corrected chi connectivity index (χ4v) is 1.72. The molecule has 0 bridgehead atoms. The van der Waals surface area contributed by atoms with Gasteiger partial charge in [0.25, 0.3) is 0 Å². The highest BCUT2D eigenvalue weighted by Gasteiger charge is 2.11. The summed E-state index contributed by atoms with van der Waals surface area (Å²) in [6.45, 7) is 6.19. The van der Waals surface area contributed by atoms with Crippen molar-refractivity contribution in [3.8, 4) is 5.75 Å². The predicted octanol–water partition coefficient (Wildman–Crippen LogP) is 3.10. The Morgan fingerprint density at radius 1 is 1.15 bits per heavy atom. The number of hydrogen-bond donors (Lipinski definition) is 0. The van der Waals surface area contributed by atoms with Crippen molar-refractivity contribution in [2.24, 2.45) is 0 Å². The molecule has 0 radical (unpaired) electrons. The summed E-state index contributed by atoms with van der Waals surface area (Å²) in [5, 5.41) is 0. The first kappa shape index (κ1) is 16.2. The molecule has 1 rings (SSSR count). The molecule has 4 heteroatoms. The largest absolute Gasteiger partial charge is 0.486 e. The van der Waals surface area contributed by atoms with Gasteiger partial charge in [0.05, 0.1) is 6.61 Å². The van der Waals surface area contributed by atoms with Gasteiger partial charge in [-0.1, -0.05) is 26.0 Å². The fraction of sp³-hybridized carbons (Fsp3) is 0.500. The van der Waals surface area contributed by atoms with Crippen molar-refractivity contribution in [1.82, 2.24) is 0 Å². The first-order valence-corrected chi connectivity index (χ1v) is 6.96. The number of ether oxygens (including phenoxy) is 2. The average molecular weight is 278 g/mol.